The monoisotopic (exact) mass is 632 g/mol. The summed E-state index contributed by atoms with van der Waals surface area (Å²) in [6.45, 7) is 9.63. The van der Waals surface area contributed by atoms with Gasteiger partial charge in [0.05, 0.1) is 46.2 Å². The van der Waals surface area contributed by atoms with Gasteiger partial charge in [-0.05, 0) is 81.0 Å². The van der Waals surface area contributed by atoms with Crippen LogP contribution in [0.5, 0.6) is 11.5 Å². The number of carbonyl (C=O) groups excluding carboxylic acids is 1. The largest absolute Gasteiger partial charge is 0.528 e. The van der Waals surface area contributed by atoms with Gasteiger partial charge in [-0.3, -0.25) is 0 Å². The van der Waals surface area contributed by atoms with Crippen LogP contribution in [0.4, 0.5) is 10.5 Å². The number of methoxy groups -OCH3 is 1. The van der Waals surface area contributed by atoms with Crippen molar-refractivity contribution in [3.05, 3.63) is 89.0 Å². The van der Waals surface area contributed by atoms with Gasteiger partial charge in [0.1, 0.15) is 17.1 Å². The molecule has 0 saturated carbocycles. The van der Waals surface area contributed by atoms with Crippen LogP contribution in [0.3, 0.4) is 0 Å². The Kier molecular flexibility index (Phi) is 11.8. The third kappa shape index (κ3) is 9.85. The zero-order chi connectivity index (χ0) is 32.4. The minimum atomic E-state index is -0.697. The molecule has 1 saturated heterocycles. The lowest BCUT2D eigenvalue weighted by molar-refractivity contribution is -0.179. The van der Waals surface area contributed by atoms with E-state index >= 15 is 0 Å². The number of para-hydroxylation sites is 1. The van der Waals surface area contributed by atoms with Gasteiger partial charge in [0.2, 0.25) is 0 Å². The quantitative estimate of drug-likeness (QED) is 0.154. The molecule has 2 atom stereocenters. The zero-order valence-corrected chi connectivity index (χ0v) is 27.6. The number of carbonyl (C=O) groups is 1. The minimum Gasteiger partial charge on any atom is -0.496 e. The normalized spacial score (nSPS) is 18.3. The molecule has 1 fully saturated rings. The van der Waals surface area contributed by atoms with E-state index in [0.717, 1.165) is 54.9 Å². The first kappa shape index (κ1) is 33.6. The number of hydrogen-bond donors (Lipinski definition) is 1. The number of ether oxygens (including phenoxy) is 5. The molecule has 0 aliphatic carbocycles. The molecule has 0 spiro atoms. The van der Waals surface area contributed by atoms with Crippen LogP contribution in [0, 0.1) is 0 Å². The van der Waals surface area contributed by atoms with E-state index < -0.39 is 11.8 Å². The zero-order valence-electron chi connectivity index (χ0n) is 27.6. The number of hydrogen-bond acceptors (Lipinski definition) is 9. The first-order chi connectivity index (χ1) is 22.3. The smallest absolute Gasteiger partial charge is 0.496 e. The Hall–Kier alpha value is -3.79. The summed E-state index contributed by atoms with van der Waals surface area (Å²) in [5, 5.41) is 5.17. The topological polar surface area (TPSA) is 87.7 Å². The molecule has 5 rings (SSSR count). The van der Waals surface area contributed by atoms with Gasteiger partial charge in [-0.2, -0.15) is 0 Å². The lowest BCUT2D eigenvalue weighted by Crippen LogP contribution is -2.45. The molecule has 3 aromatic carbocycles. The maximum Gasteiger partial charge on any atom is 0.528 e. The molecular formula is C37H48N2O7. The third-order valence-corrected chi connectivity index (χ3v) is 8.15. The lowest BCUT2D eigenvalue weighted by Gasteiger charge is -2.37. The Balaban J connectivity index is 1.15. The summed E-state index contributed by atoms with van der Waals surface area (Å²) in [7, 11) is 1.67. The van der Waals surface area contributed by atoms with Crippen molar-refractivity contribution in [3.8, 4) is 11.5 Å². The predicted octanol–water partition coefficient (Wildman–Crippen LogP) is 7.28. The Labute approximate surface area is 273 Å². The molecule has 0 amide bonds. The van der Waals surface area contributed by atoms with Crippen molar-refractivity contribution in [1.29, 1.82) is 0 Å². The molecule has 0 radical (unpaired) electrons. The standard InChI is InChI=1S/C37H48N2O7/c1-37(2,3)45-36(40)46-39-20-18-32(35(24-39)44-25-27-12-13-29-10-7-19-38-33(29)23-27)28-14-16-31(17-15-28)43-22-8-21-42-26-30-9-5-6-11-34(30)41-4/h5-6,9,11-17,23,32,35,38H,7-8,10,18-22,24-26H2,1-4H3. The van der Waals surface area contributed by atoms with Crippen molar-refractivity contribution >= 4 is 11.8 Å². The van der Waals surface area contributed by atoms with Crippen LogP contribution < -0.4 is 14.8 Å². The van der Waals surface area contributed by atoms with Gasteiger partial charge in [-0.15, -0.1) is 5.06 Å². The van der Waals surface area contributed by atoms with Crippen molar-refractivity contribution in [2.75, 3.05) is 45.3 Å². The predicted molar refractivity (Wildman–Crippen MR) is 177 cm³/mol. The van der Waals surface area contributed by atoms with Gasteiger partial charge in [0.15, 0.2) is 0 Å². The fourth-order valence-electron chi connectivity index (χ4n) is 5.86. The lowest BCUT2D eigenvalue weighted by atomic mass is 9.87. The second-order valence-electron chi connectivity index (χ2n) is 12.8. The summed E-state index contributed by atoms with van der Waals surface area (Å²) in [5.74, 6) is 1.79. The number of benzene rings is 3. The van der Waals surface area contributed by atoms with Crippen molar-refractivity contribution < 1.29 is 33.3 Å². The summed E-state index contributed by atoms with van der Waals surface area (Å²) in [4.78, 5) is 18.0. The van der Waals surface area contributed by atoms with Crippen LogP contribution >= 0.6 is 0 Å². The fourth-order valence-corrected chi connectivity index (χ4v) is 5.86. The van der Waals surface area contributed by atoms with E-state index in [0.29, 0.717) is 39.5 Å². The Morgan fingerprint density at radius 3 is 2.63 bits per heavy atom. The molecule has 2 aliphatic rings. The van der Waals surface area contributed by atoms with Crippen molar-refractivity contribution in [3.63, 3.8) is 0 Å². The second-order valence-corrected chi connectivity index (χ2v) is 12.8. The number of piperidine rings is 1. The van der Waals surface area contributed by atoms with Crippen LogP contribution in [0.1, 0.15) is 68.2 Å². The highest BCUT2D eigenvalue weighted by Crippen LogP contribution is 2.33. The third-order valence-electron chi connectivity index (χ3n) is 8.15. The number of anilines is 1. The van der Waals surface area contributed by atoms with Gasteiger partial charge in [0, 0.05) is 36.7 Å². The summed E-state index contributed by atoms with van der Waals surface area (Å²) >= 11 is 0. The molecule has 9 heteroatoms. The van der Waals surface area contributed by atoms with Crippen molar-refractivity contribution in [1.82, 2.24) is 5.06 Å². The second kappa shape index (κ2) is 16.2. The van der Waals surface area contributed by atoms with Gasteiger partial charge < -0.3 is 33.8 Å². The summed E-state index contributed by atoms with van der Waals surface area (Å²) < 4.78 is 29.2. The van der Waals surface area contributed by atoms with Crippen LogP contribution in [0.2, 0.25) is 0 Å². The van der Waals surface area contributed by atoms with E-state index in [4.69, 9.17) is 28.5 Å². The molecule has 9 nitrogen and oxygen atoms in total. The number of hydroxylamine groups is 2. The van der Waals surface area contributed by atoms with Crippen LogP contribution in [0.15, 0.2) is 66.7 Å². The van der Waals surface area contributed by atoms with Crippen LogP contribution in [-0.2, 0) is 38.7 Å². The molecule has 2 aliphatic heterocycles. The molecule has 2 unspecified atom stereocenters. The fraction of sp³-hybridized carbons (Fsp3) is 0.486. The number of fused-ring (bicyclic) bond motifs is 1. The van der Waals surface area contributed by atoms with Crippen LogP contribution in [0.25, 0.3) is 0 Å². The van der Waals surface area contributed by atoms with Gasteiger partial charge >= 0.3 is 6.16 Å². The van der Waals surface area contributed by atoms with Crippen molar-refractivity contribution in [2.24, 2.45) is 0 Å². The average Bonchev–Trinajstić information content (AvgIpc) is 3.05. The Bertz CT molecular complexity index is 1410. The van der Waals surface area contributed by atoms with Gasteiger partial charge in [0.25, 0.3) is 0 Å². The average molecular weight is 633 g/mol. The molecule has 1 N–H and O–H groups in total. The molecule has 3 aromatic rings. The Morgan fingerprint density at radius 2 is 1.83 bits per heavy atom. The minimum absolute atomic E-state index is 0.131. The van der Waals surface area contributed by atoms with Gasteiger partial charge in [-0.1, -0.05) is 42.5 Å². The number of nitrogens with one attached hydrogen (secondary N) is 1. The maximum absolute atomic E-state index is 12.4. The highest BCUT2D eigenvalue weighted by molar-refractivity contribution is 5.60. The van der Waals surface area contributed by atoms with E-state index in [2.05, 4.69) is 35.6 Å². The molecule has 248 valence electrons. The first-order valence-corrected chi connectivity index (χ1v) is 16.3. The first-order valence-electron chi connectivity index (χ1n) is 16.3. The SMILES string of the molecule is COc1ccccc1COCCCOc1ccc(C2CCN(OC(=O)OC(C)(C)C)CC2OCc2ccc3c(c2)NCCC3)cc1. The molecule has 2 heterocycles. The van der Waals surface area contributed by atoms with E-state index in [1.54, 1.807) is 12.2 Å². The van der Waals surface area contributed by atoms with E-state index in [9.17, 15) is 4.79 Å². The maximum atomic E-state index is 12.4. The summed E-state index contributed by atoms with van der Waals surface area (Å²) in [6, 6.07) is 22.7. The highest BCUT2D eigenvalue weighted by atomic mass is 16.8. The summed E-state index contributed by atoms with van der Waals surface area (Å²) in [6.07, 6.45) is 2.92. The summed E-state index contributed by atoms with van der Waals surface area (Å²) in [5.41, 5.74) is 5.24. The van der Waals surface area contributed by atoms with Gasteiger partial charge in [-0.25, -0.2) is 4.79 Å². The van der Waals surface area contributed by atoms with E-state index in [1.165, 1.54) is 16.8 Å². The van der Waals surface area contributed by atoms with E-state index in [1.807, 2.05) is 57.2 Å². The van der Waals surface area contributed by atoms with Crippen LogP contribution in [-0.4, -0.2) is 62.9 Å². The molecule has 0 aromatic heterocycles. The number of nitrogens with zero attached hydrogens (tertiary/aromatic N) is 1. The molecular weight excluding hydrogens is 584 g/mol. The molecule has 0 bridgehead atoms. The highest BCUT2D eigenvalue weighted by Gasteiger charge is 2.34. The van der Waals surface area contributed by atoms with Crippen molar-refractivity contribution in [2.45, 2.75) is 77.3 Å². The Morgan fingerprint density at radius 1 is 1.00 bits per heavy atom. The van der Waals surface area contributed by atoms with E-state index in [-0.39, 0.29) is 12.0 Å². The number of rotatable bonds is 13. The number of aryl methyl sites for hydroxylation is 1. The molecule has 46 heavy (non-hydrogen) atoms.